The van der Waals surface area contributed by atoms with Gasteiger partial charge in [0.05, 0.1) is 11.7 Å². The maximum absolute atomic E-state index is 6.35. The lowest BCUT2D eigenvalue weighted by Gasteiger charge is -2.29. The van der Waals surface area contributed by atoms with E-state index in [1.165, 1.54) is 0 Å². The summed E-state index contributed by atoms with van der Waals surface area (Å²) in [6.07, 6.45) is 3.86. The number of benzene rings is 3. The number of para-hydroxylation sites is 1. The Bertz CT molecular complexity index is 1590. The van der Waals surface area contributed by atoms with E-state index in [1.54, 1.807) is 0 Å². The van der Waals surface area contributed by atoms with E-state index in [0.717, 1.165) is 39.8 Å². The molecule has 0 radical (unpaired) electrons. The van der Waals surface area contributed by atoms with Gasteiger partial charge >= 0.3 is 0 Å². The molecule has 5 nitrogen and oxygen atoms in total. The maximum atomic E-state index is 6.35. The molecule has 3 aromatic carbocycles. The van der Waals surface area contributed by atoms with Crippen LogP contribution in [0.3, 0.4) is 0 Å². The Labute approximate surface area is 232 Å². The highest BCUT2D eigenvalue weighted by Crippen LogP contribution is 2.42. The van der Waals surface area contributed by atoms with Gasteiger partial charge in [-0.15, -0.1) is 0 Å². The molecule has 0 aliphatic carbocycles. The summed E-state index contributed by atoms with van der Waals surface area (Å²) in [7, 11) is 0. The van der Waals surface area contributed by atoms with Crippen LogP contribution < -0.4 is 15.0 Å². The predicted octanol–water partition coefficient (Wildman–Crippen LogP) is 7.80. The summed E-state index contributed by atoms with van der Waals surface area (Å²) >= 11 is 12.3. The maximum Gasteiger partial charge on any atom is 0.174 e. The summed E-state index contributed by atoms with van der Waals surface area (Å²) in [5, 5.41) is 4.85. The van der Waals surface area contributed by atoms with Crippen molar-refractivity contribution in [1.29, 1.82) is 0 Å². The first kappa shape index (κ1) is 24.2. The van der Waals surface area contributed by atoms with Crippen LogP contribution in [0.2, 0.25) is 5.02 Å². The zero-order chi connectivity index (χ0) is 26.1. The minimum atomic E-state index is -0.158. The standard InChI is InChI=1S/C31H25ClN4OS/c1-21-8-2-3-13-28(21)37-25-16-14-23(15-17-25)36-30(29(34-31(36)38)26-11-4-5-18-33-26)27-12-7-19-35(27)24-10-6-9-22(32)20-24/h2-20,29-30H,1H3,(H,34,38). The third-order valence-electron chi connectivity index (χ3n) is 6.70. The summed E-state index contributed by atoms with van der Waals surface area (Å²) < 4.78 is 8.30. The van der Waals surface area contributed by atoms with Crippen LogP contribution in [-0.2, 0) is 0 Å². The number of hydrogen-bond acceptors (Lipinski definition) is 3. The van der Waals surface area contributed by atoms with Crippen LogP contribution in [0.4, 0.5) is 5.69 Å². The molecule has 3 heterocycles. The molecule has 2 atom stereocenters. The topological polar surface area (TPSA) is 42.3 Å². The summed E-state index contributed by atoms with van der Waals surface area (Å²) in [6, 6.07) is 33.7. The molecule has 2 aromatic heterocycles. The van der Waals surface area contributed by atoms with Crippen molar-refractivity contribution in [2.24, 2.45) is 0 Å². The zero-order valence-corrected chi connectivity index (χ0v) is 22.2. The molecule has 1 saturated heterocycles. The fraction of sp³-hybridized carbons (Fsp3) is 0.0968. The molecule has 7 heteroatoms. The molecule has 188 valence electrons. The van der Waals surface area contributed by atoms with Crippen molar-refractivity contribution in [3.05, 3.63) is 137 Å². The number of aromatic nitrogens is 2. The van der Waals surface area contributed by atoms with Crippen LogP contribution in [0.1, 0.15) is 29.0 Å². The number of thiocarbonyl (C=S) groups is 1. The van der Waals surface area contributed by atoms with Crippen LogP contribution in [0.25, 0.3) is 5.69 Å². The van der Waals surface area contributed by atoms with Gasteiger partial charge in [0.15, 0.2) is 5.11 Å². The van der Waals surface area contributed by atoms with E-state index in [0.29, 0.717) is 10.1 Å². The molecule has 6 rings (SSSR count). The van der Waals surface area contributed by atoms with E-state index in [1.807, 2.05) is 110 Å². The number of pyridine rings is 1. The van der Waals surface area contributed by atoms with E-state index in [9.17, 15) is 0 Å². The molecule has 0 spiro atoms. The lowest BCUT2D eigenvalue weighted by Crippen LogP contribution is -2.30. The quantitative estimate of drug-likeness (QED) is 0.224. The van der Waals surface area contributed by atoms with Crippen molar-refractivity contribution in [1.82, 2.24) is 14.9 Å². The van der Waals surface area contributed by atoms with Crippen molar-refractivity contribution in [3.8, 4) is 17.2 Å². The second kappa shape index (κ2) is 10.3. The van der Waals surface area contributed by atoms with Gasteiger partial charge in [-0.25, -0.2) is 0 Å². The Morgan fingerprint density at radius 1 is 0.868 bits per heavy atom. The van der Waals surface area contributed by atoms with Crippen LogP contribution in [0.15, 0.2) is 116 Å². The number of anilines is 1. The second-order valence-corrected chi connectivity index (χ2v) is 9.96. The van der Waals surface area contributed by atoms with Crippen molar-refractivity contribution in [2.45, 2.75) is 19.0 Å². The molecule has 1 aliphatic rings. The van der Waals surface area contributed by atoms with E-state index in [4.69, 9.17) is 28.6 Å². The van der Waals surface area contributed by atoms with Gasteiger partial charge in [-0.05, 0) is 97.5 Å². The van der Waals surface area contributed by atoms with Crippen LogP contribution >= 0.6 is 23.8 Å². The molecule has 0 amide bonds. The van der Waals surface area contributed by atoms with Crippen molar-refractivity contribution in [2.75, 3.05) is 4.90 Å². The first-order chi connectivity index (χ1) is 18.6. The fourth-order valence-corrected chi connectivity index (χ4v) is 5.43. The molecule has 0 bridgehead atoms. The van der Waals surface area contributed by atoms with Crippen LogP contribution in [0.5, 0.6) is 11.5 Å². The van der Waals surface area contributed by atoms with Crippen LogP contribution in [0, 0.1) is 6.92 Å². The van der Waals surface area contributed by atoms with Gasteiger partial charge < -0.3 is 19.5 Å². The highest BCUT2D eigenvalue weighted by Gasteiger charge is 2.42. The molecule has 38 heavy (non-hydrogen) atoms. The molecule has 0 saturated carbocycles. The van der Waals surface area contributed by atoms with Gasteiger partial charge in [0.25, 0.3) is 0 Å². The Morgan fingerprint density at radius 2 is 1.68 bits per heavy atom. The van der Waals surface area contributed by atoms with Crippen molar-refractivity contribution >= 4 is 34.6 Å². The Balaban J connectivity index is 1.40. The predicted molar refractivity (Wildman–Crippen MR) is 156 cm³/mol. The lowest BCUT2D eigenvalue weighted by molar-refractivity contribution is 0.479. The number of nitrogens with one attached hydrogen (secondary N) is 1. The molecule has 2 unspecified atom stereocenters. The third-order valence-corrected chi connectivity index (χ3v) is 7.25. The Kier molecular flexibility index (Phi) is 6.58. The summed E-state index contributed by atoms with van der Waals surface area (Å²) in [6.45, 7) is 2.04. The average Bonchev–Trinajstić information content (AvgIpc) is 3.55. The Morgan fingerprint density at radius 3 is 2.45 bits per heavy atom. The van der Waals surface area contributed by atoms with Crippen molar-refractivity contribution < 1.29 is 4.74 Å². The number of hydrogen-bond donors (Lipinski definition) is 1. The highest BCUT2D eigenvalue weighted by molar-refractivity contribution is 7.80. The largest absolute Gasteiger partial charge is 0.457 e. The molecule has 5 aromatic rings. The van der Waals surface area contributed by atoms with Gasteiger partial charge in [0.2, 0.25) is 0 Å². The fourth-order valence-electron chi connectivity index (χ4n) is 4.90. The molecule has 1 aliphatic heterocycles. The monoisotopic (exact) mass is 536 g/mol. The van der Waals surface area contributed by atoms with Crippen LogP contribution in [-0.4, -0.2) is 14.7 Å². The first-order valence-electron chi connectivity index (χ1n) is 12.4. The number of aryl methyl sites for hydroxylation is 1. The highest BCUT2D eigenvalue weighted by atomic mass is 35.5. The van der Waals surface area contributed by atoms with E-state index >= 15 is 0 Å². The average molecular weight is 537 g/mol. The molecule has 1 fully saturated rings. The smallest absolute Gasteiger partial charge is 0.174 e. The summed E-state index contributed by atoms with van der Waals surface area (Å²) in [4.78, 5) is 6.83. The lowest BCUT2D eigenvalue weighted by atomic mass is 10.0. The Hall–Kier alpha value is -4.13. The normalized spacial score (nSPS) is 16.9. The molecule has 1 N–H and O–H groups in total. The third kappa shape index (κ3) is 4.64. The van der Waals surface area contributed by atoms with Gasteiger partial charge in [0, 0.05) is 34.5 Å². The second-order valence-electron chi connectivity index (χ2n) is 9.14. The first-order valence-corrected chi connectivity index (χ1v) is 13.1. The summed E-state index contributed by atoms with van der Waals surface area (Å²) in [5.41, 5.74) is 5.01. The van der Waals surface area contributed by atoms with Crippen molar-refractivity contribution in [3.63, 3.8) is 0 Å². The minimum Gasteiger partial charge on any atom is -0.457 e. The number of rotatable bonds is 6. The SMILES string of the molecule is Cc1ccccc1Oc1ccc(N2C(=S)NC(c3ccccn3)C2c2cccn2-c2cccc(Cl)c2)cc1. The summed E-state index contributed by atoms with van der Waals surface area (Å²) in [5.74, 6) is 1.60. The number of ether oxygens (including phenoxy) is 1. The van der Waals surface area contributed by atoms with E-state index in [2.05, 4.69) is 32.0 Å². The number of nitrogens with zero attached hydrogens (tertiary/aromatic N) is 3. The number of halogens is 1. The minimum absolute atomic E-state index is 0.153. The molecular weight excluding hydrogens is 512 g/mol. The van der Waals surface area contributed by atoms with Gasteiger partial charge in [0.1, 0.15) is 17.5 Å². The van der Waals surface area contributed by atoms with E-state index in [-0.39, 0.29) is 12.1 Å². The van der Waals surface area contributed by atoms with Gasteiger partial charge in [-0.3, -0.25) is 4.98 Å². The van der Waals surface area contributed by atoms with E-state index < -0.39 is 0 Å². The van der Waals surface area contributed by atoms with Gasteiger partial charge in [-0.1, -0.05) is 41.9 Å². The van der Waals surface area contributed by atoms with Gasteiger partial charge in [-0.2, -0.15) is 0 Å². The molecular formula is C31H25ClN4OS. The zero-order valence-electron chi connectivity index (χ0n) is 20.7.